The van der Waals surface area contributed by atoms with Gasteiger partial charge >= 0.3 is 12.6 Å². The van der Waals surface area contributed by atoms with Gasteiger partial charge in [-0.05, 0) is 57.5 Å². The lowest BCUT2D eigenvalue weighted by atomic mass is 10.1. The number of hydrogen-bond donors (Lipinski definition) is 0. The average Bonchev–Trinajstić information content (AvgIpc) is 2.93. The number of rotatable bonds is 8. The molecular weight excluding hydrogens is 368 g/mol. The first-order chi connectivity index (χ1) is 13.2. The van der Waals surface area contributed by atoms with E-state index >= 15 is 0 Å². The van der Waals surface area contributed by atoms with Crippen LogP contribution in [0.25, 0.3) is 6.08 Å². The van der Waals surface area contributed by atoms with Gasteiger partial charge in [0, 0.05) is 29.1 Å². The van der Waals surface area contributed by atoms with Crippen LogP contribution in [-0.2, 0) is 9.53 Å². The van der Waals surface area contributed by atoms with E-state index in [4.69, 9.17) is 4.74 Å². The molecule has 0 bridgehead atoms. The zero-order chi connectivity index (χ0) is 20.8. The van der Waals surface area contributed by atoms with Gasteiger partial charge in [0.1, 0.15) is 5.75 Å². The molecule has 0 saturated heterocycles. The standard InChI is InChI=1S/C21H23F2NO4/c1-13(2)24-14(3)11-18(15(24)4)19(25)12-27-20(26)10-7-16-5-8-17(9-6-16)28-21(22)23/h5-11,13,21H,12H2,1-4H3/b10-7+. The quantitative estimate of drug-likeness (QED) is 0.371. The van der Waals surface area contributed by atoms with Gasteiger partial charge in [-0.1, -0.05) is 12.1 Å². The van der Waals surface area contributed by atoms with E-state index in [9.17, 15) is 18.4 Å². The maximum atomic E-state index is 12.4. The molecule has 0 fully saturated rings. The molecule has 7 heteroatoms. The van der Waals surface area contributed by atoms with E-state index < -0.39 is 12.6 Å². The summed E-state index contributed by atoms with van der Waals surface area (Å²) >= 11 is 0. The van der Waals surface area contributed by atoms with Crippen molar-refractivity contribution in [2.24, 2.45) is 0 Å². The molecule has 0 N–H and O–H groups in total. The Labute approximate surface area is 162 Å². The van der Waals surface area contributed by atoms with Crippen LogP contribution in [0.4, 0.5) is 8.78 Å². The van der Waals surface area contributed by atoms with Crippen LogP contribution >= 0.6 is 0 Å². The van der Waals surface area contributed by atoms with Crippen molar-refractivity contribution < 1.29 is 27.8 Å². The number of aryl methyl sites for hydroxylation is 1. The number of ketones is 1. The second-order valence-corrected chi connectivity index (χ2v) is 6.56. The highest BCUT2D eigenvalue weighted by atomic mass is 19.3. The van der Waals surface area contributed by atoms with Crippen molar-refractivity contribution in [1.82, 2.24) is 4.57 Å². The van der Waals surface area contributed by atoms with Crippen molar-refractivity contribution in [2.75, 3.05) is 6.61 Å². The van der Waals surface area contributed by atoms with E-state index in [1.807, 2.05) is 27.7 Å². The summed E-state index contributed by atoms with van der Waals surface area (Å²) < 4.78 is 35.5. The fourth-order valence-electron chi connectivity index (χ4n) is 3.04. The molecule has 0 unspecified atom stereocenters. The Morgan fingerprint density at radius 3 is 2.32 bits per heavy atom. The summed E-state index contributed by atoms with van der Waals surface area (Å²) in [5.74, 6) is -0.909. The van der Waals surface area contributed by atoms with E-state index in [2.05, 4.69) is 9.30 Å². The minimum atomic E-state index is -2.89. The van der Waals surface area contributed by atoms with Gasteiger partial charge in [0.05, 0.1) is 0 Å². The summed E-state index contributed by atoms with van der Waals surface area (Å²) in [6.45, 7) is 4.61. The third kappa shape index (κ3) is 5.52. The van der Waals surface area contributed by atoms with E-state index in [1.54, 1.807) is 6.07 Å². The lowest BCUT2D eigenvalue weighted by molar-refractivity contribution is -0.136. The van der Waals surface area contributed by atoms with Crippen LogP contribution in [0.2, 0.25) is 0 Å². The number of benzene rings is 1. The molecule has 0 aliphatic carbocycles. The number of halogens is 2. The highest BCUT2D eigenvalue weighted by Gasteiger charge is 2.18. The van der Waals surface area contributed by atoms with Gasteiger partial charge in [-0.3, -0.25) is 4.79 Å². The van der Waals surface area contributed by atoms with Crippen molar-refractivity contribution in [3.05, 3.63) is 58.9 Å². The number of esters is 1. The number of alkyl halides is 2. The maximum absolute atomic E-state index is 12.4. The third-order valence-electron chi connectivity index (χ3n) is 4.16. The molecule has 0 saturated carbocycles. The highest BCUT2D eigenvalue weighted by Crippen LogP contribution is 2.20. The van der Waals surface area contributed by atoms with E-state index in [0.29, 0.717) is 11.1 Å². The zero-order valence-corrected chi connectivity index (χ0v) is 16.2. The number of carbonyl (C=O) groups is 2. The average molecular weight is 391 g/mol. The first-order valence-corrected chi connectivity index (χ1v) is 8.80. The fourth-order valence-corrected chi connectivity index (χ4v) is 3.04. The summed E-state index contributed by atoms with van der Waals surface area (Å²) in [5.41, 5.74) is 2.96. The summed E-state index contributed by atoms with van der Waals surface area (Å²) in [4.78, 5) is 24.2. The molecule has 2 rings (SSSR count). The van der Waals surface area contributed by atoms with Gasteiger partial charge in [-0.15, -0.1) is 0 Å². The van der Waals surface area contributed by atoms with E-state index in [0.717, 1.165) is 11.4 Å². The lowest BCUT2D eigenvalue weighted by Crippen LogP contribution is -2.14. The Balaban J connectivity index is 1.92. The molecular formula is C21H23F2NO4. The molecule has 0 aliphatic rings. The smallest absolute Gasteiger partial charge is 0.387 e. The van der Waals surface area contributed by atoms with Gasteiger partial charge in [0.25, 0.3) is 0 Å². The molecule has 1 aromatic carbocycles. The number of Topliss-reactive ketones (excluding diaryl/α,β-unsaturated/α-hetero) is 1. The Morgan fingerprint density at radius 2 is 1.79 bits per heavy atom. The van der Waals surface area contributed by atoms with Crippen molar-refractivity contribution >= 4 is 17.8 Å². The predicted molar refractivity (Wildman–Crippen MR) is 102 cm³/mol. The molecule has 0 amide bonds. The Bertz CT molecular complexity index is 867. The Hall–Kier alpha value is -2.96. The molecule has 2 aromatic rings. The van der Waals surface area contributed by atoms with Gasteiger partial charge in [-0.2, -0.15) is 8.78 Å². The van der Waals surface area contributed by atoms with Gasteiger partial charge in [0.2, 0.25) is 5.78 Å². The summed E-state index contributed by atoms with van der Waals surface area (Å²) in [6, 6.07) is 7.80. The van der Waals surface area contributed by atoms with Crippen LogP contribution in [0.15, 0.2) is 36.4 Å². The summed E-state index contributed by atoms with van der Waals surface area (Å²) in [7, 11) is 0. The van der Waals surface area contributed by atoms with Crippen LogP contribution in [-0.4, -0.2) is 29.5 Å². The minimum Gasteiger partial charge on any atom is -0.454 e. The van der Waals surface area contributed by atoms with Gasteiger partial charge in [-0.25, -0.2) is 4.79 Å². The van der Waals surface area contributed by atoms with Gasteiger partial charge < -0.3 is 14.0 Å². The van der Waals surface area contributed by atoms with Gasteiger partial charge in [0.15, 0.2) is 6.61 Å². The highest BCUT2D eigenvalue weighted by molar-refractivity contribution is 6.00. The number of ether oxygens (including phenoxy) is 2. The second kappa shape index (κ2) is 9.30. The van der Waals surface area contributed by atoms with Crippen molar-refractivity contribution in [3.63, 3.8) is 0 Å². The topological polar surface area (TPSA) is 57.5 Å². The monoisotopic (exact) mass is 391 g/mol. The molecule has 0 atom stereocenters. The number of aromatic nitrogens is 1. The van der Waals surface area contributed by atoms with Crippen molar-refractivity contribution in [2.45, 2.75) is 40.3 Å². The minimum absolute atomic E-state index is 0.0271. The lowest BCUT2D eigenvalue weighted by Gasteiger charge is -2.13. The zero-order valence-electron chi connectivity index (χ0n) is 16.2. The molecule has 0 aliphatic heterocycles. The van der Waals surface area contributed by atoms with E-state index in [1.165, 1.54) is 36.4 Å². The van der Waals surface area contributed by atoms with Crippen LogP contribution in [0.5, 0.6) is 5.75 Å². The molecule has 5 nitrogen and oxygen atoms in total. The molecule has 28 heavy (non-hydrogen) atoms. The molecule has 0 radical (unpaired) electrons. The first kappa shape index (κ1) is 21.3. The normalized spacial score (nSPS) is 11.4. The summed E-state index contributed by atoms with van der Waals surface area (Å²) in [5, 5.41) is 0. The number of nitrogens with zero attached hydrogens (tertiary/aromatic N) is 1. The SMILES string of the molecule is Cc1cc(C(=O)COC(=O)/C=C/c2ccc(OC(F)F)cc2)c(C)n1C(C)C. The first-order valence-electron chi connectivity index (χ1n) is 8.80. The largest absolute Gasteiger partial charge is 0.454 e. The maximum Gasteiger partial charge on any atom is 0.387 e. The molecule has 0 spiro atoms. The van der Waals surface area contributed by atoms with Crippen molar-refractivity contribution in [3.8, 4) is 5.75 Å². The Kier molecular flexibility index (Phi) is 7.09. The number of carbonyl (C=O) groups excluding carboxylic acids is 2. The van der Waals surface area contributed by atoms with E-state index in [-0.39, 0.29) is 24.2 Å². The number of hydrogen-bond acceptors (Lipinski definition) is 4. The molecule has 1 aromatic heterocycles. The predicted octanol–water partition coefficient (Wildman–Crippen LogP) is 4.73. The van der Waals surface area contributed by atoms with Crippen LogP contribution in [0, 0.1) is 13.8 Å². The fraction of sp³-hybridized carbons (Fsp3) is 0.333. The van der Waals surface area contributed by atoms with Crippen LogP contribution in [0.3, 0.4) is 0 Å². The summed E-state index contributed by atoms with van der Waals surface area (Å²) in [6.07, 6.45) is 2.64. The molecule has 1 heterocycles. The molecule has 150 valence electrons. The third-order valence-corrected chi connectivity index (χ3v) is 4.16. The Morgan fingerprint density at radius 1 is 1.14 bits per heavy atom. The van der Waals surface area contributed by atoms with Crippen LogP contribution < -0.4 is 4.74 Å². The second-order valence-electron chi connectivity index (χ2n) is 6.56. The van der Waals surface area contributed by atoms with Crippen LogP contribution in [0.1, 0.15) is 47.2 Å². The van der Waals surface area contributed by atoms with Crippen molar-refractivity contribution in [1.29, 1.82) is 0 Å².